The van der Waals surface area contributed by atoms with Crippen LogP contribution in [0.4, 0.5) is 0 Å². The maximum absolute atomic E-state index is 10.6. The molecule has 16 heavy (non-hydrogen) atoms. The Bertz CT molecular complexity index is 535. The zero-order valence-electron chi connectivity index (χ0n) is 8.84. The third-order valence-corrected chi connectivity index (χ3v) is 2.32. The summed E-state index contributed by atoms with van der Waals surface area (Å²) in [4.78, 5) is 14.8. The molecule has 0 fully saturated rings. The molecule has 1 heterocycles. The molecule has 1 N–H and O–H groups in total. The van der Waals surface area contributed by atoms with Gasteiger partial charge < -0.3 is 5.11 Å². The Morgan fingerprint density at radius 1 is 1.25 bits per heavy atom. The molecular formula is C13H11NO2. The quantitative estimate of drug-likeness (QED) is 0.780. The molecule has 2 aromatic rings. The average molecular weight is 213 g/mol. The minimum absolute atomic E-state index is 0.168. The first-order valence-corrected chi connectivity index (χ1v) is 4.93. The molecule has 3 nitrogen and oxygen atoms in total. The van der Waals surface area contributed by atoms with Crippen molar-refractivity contribution in [3.63, 3.8) is 0 Å². The number of pyridine rings is 1. The summed E-state index contributed by atoms with van der Waals surface area (Å²) in [6, 6.07) is 10.4. The van der Waals surface area contributed by atoms with E-state index in [0.29, 0.717) is 23.2 Å². The highest BCUT2D eigenvalue weighted by Gasteiger charge is 2.06. The van der Waals surface area contributed by atoms with Crippen LogP contribution in [0.3, 0.4) is 0 Å². The first kappa shape index (κ1) is 10.4. The maximum Gasteiger partial charge on any atom is 0.168 e. The van der Waals surface area contributed by atoms with Gasteiger partial charge >= 0.3 is 0 Å². The minimum atomic E-state index is 0.168. The lowest BCUT2D eigenvalue weighted by atomic mass is 10.1. The van der Waals surface area contributed by atoms with Crippen molar-refractivity contribution < 1.29 is 9.90 Å². The molecule has 0 bridgehead atoms. The number of phenols is 1. The predicted molar refractivity (Wildman–Crippen MR) is 61.5 cm³/mol. The first-order valence-electron chi connectivity index (χ1n) is 4.93. The molecule has 2 rings (SSSR count). The Labute approximate surface area is 93.4 Å². The highest BCUT2D eigenvalue weighted by atomic mass is 16.3. The van der Waals surface area contributed by atoms with E-state index in [0.717, 1.165) is 5.56 Å². The first-order chi connectivity index (χ1) is 7.70. The van der Waals surface area contributed by atoms with Crippen LogP contribution >= 0.6 is 0 Å². The van der Waals surface area contributed by atoms with Gasteiger partial charge in [-0.15, -0.1) is 0 Å². The second kappa shape index (κ2) is 4.14. The summed E-state index contributed by atoms with van der Waals surface area (Å²) in [6.07, 6.45) is 0.691. The van der Waals surface area contributed by atoms with Gasteiger partial charge in [-0.25, -0.2) is 4.98 Å². The van der Waals surface area contributed by atoms with Crippen molar-refractivity contribution in [2.24, 2.45) is 0 Å². The van der Waals surface area contributed by atoms with Crippen LogP contribution in [0, 0.1) is 6.92 Å². The minimum Gasteiger partial charge on any atom is -0.507 e. The maximum atomic E-state index is 10.6. The Morgan fingerprint density at radius 3 is 2.81 bits per heavy atom. The molecule has 0 atom stereocenters. The lowest BCUT2D eigenvalue weighted by Crippen LogP contribution is -1.90. The van der Waals surface area contributed by atoms with Crippen molar-refractivity contribution in [2.45, 2.75) is 6.92 Å². The molecule has 0 saturated carbocycles. The number of nitrogens with zero attached hydrogens (tertiary/aromatic N) is 1. The van der Waals surface area contributed by atoms with E-state index in [1.54, 1.807) is 24.3 Å². The summed E-state index contributed by atoms with van der Waals surface area (Å²) in [5.74, 6) is 0.168. The Hall–Kier alpha value is -2.16. The summed E-state index contributed by atoms with van der Waals surface area (Å²) < 4.78 is 0. The lowest BCUT2D eigenvalue weighted by Gasteiger charge is -2.05. The molecule has 1 aromatic heterocycles. The van der Waals surface area contributed by atoms with E-state index in [9.17, 15) is 9.90 Å². The van der Waals surface area contributed by atoms with Gasteiger partial charge in [0.15, 0.2) is 6.29 Å². The monoisotopic (exact) mass is 213 g/mol. The highest BCUT2D eigenvalue weighted by Crippen LogP contribution is 2.28. The number of aromatic hydroxyl groups is 1. The second-order valence-electron chi connectivity index (χ2n) is 3.59. The van der Waals surface area contributed by atoms with Crippen LogP contribution in [0.25, 0.3) is 11.3 Å². The van der Waals surface area contributed by atoms with Crippen LogP contribution in [-0.2, 0) is 0 Å². The third-order valence-electron chi connectivity index (χ3n) is 2.32. The number of hydrogen-bond donors (Lipinski definition) is 1. The Morgan fingerprint density at radius 2 is 2.06 bits per heavy atom. The van der Waals surface area contributed by atoms with Gasteiger partial charge in [0.25, 0.3) is 0 Å². The van der Waals surface area contributed by atoms with Gasteiger partial charge in [0.05, 0.1) is 5.69 Å². The van der Waals surface area contributed by atoms with Gasteiger partial charge in [0.2, 0.25) is 0 Å². The molecule has 0 aliphatic heterocycles. The van der Waals surface area contributed by atoms with E-state index in [2.05, 4.69) is 4.98 Å². The summed E-state index contributed by atoms with van der Waals surface area (Å²) in [7, 11) is 0. The second-order valence-corrected chi connectivity index (χ2v) is 3.59. The highest BCUT2D eigenvalue weighted by molar-refractivity contribution is 5.75. The zero-order chi connectivity index (χ0) is 11.5. The number of aryl methyl sites for hydroxylation is 1. The van der Waals surface area contributed by atoms with Gasteiger partial charge in [-0.1, -0.05) is 17.7 Å². The number of hydrogen-bond acceptors (Lipinski definition) is 3. The zero-order valence-corrected chi connectivity index (χ0v) is 8.84. The van der Waals surface area contributed by atoms with E-state index in [-0.39, 0.29) is 5.75 Å². The Balaban J connectivity index is 2.57. The molecule has 0 amide bonds. The summed E-state index contributed by atoms with van der Waals surface area (Å²) in [6.45, 7) is 1.94. The van der Waals surface area contributed by atoms with Gasteiger partial charge in [0, 0.05) is 5.56 Å². The van der Waals surface area contributed by atoms with Gasteiger partial charge in [-0.3, -0.25) is 4.79 Å². The van der Waals surface area contributed by atoms with Crippen LogP contribution < -0.4 is 0 Å². The molecule has 0 saturated heterocycles. The van der Waals surface area contributed by atoms with Crippen molar-refractivity contribution >= 4 is 6.29 Å². The molecule has 80 valence electrons. The largest absolute Gasteiger partial charge is 0.507 e. The molecule has 0 spiro atoms. The van der Waals surface area contributed by atoms with Gasteiger partial charge in [-0.05, 0) is 31.2 Å². The topological polar surface area (TPSA) is 50.2 Å². The fourth-order valence-corrected chi connectivity index (χ4v) is 1.52. The number of carbonyl (C=O) groups excluding carboxylic acids is 1. The van der Waals surface area contributed by atoms with E-state index in [4.69, 9.17) is 0 Å². The van der Waals surface area contributed by atoms with Crippen LogP contribution in [0.1, 0.15) is 16.1 Å². The van der Waals surface area contributed by atoms with Crippen molar-refractivity contribution in [2.75, 3.05) is 0 Å². The van der Waals surface area contributed by atoms with Gasteiger partial charge in [-0.2, -0.15) is 0 Å². The molecular weight excluding hydrogens is 202 g/mol. The van der Waals surface area contributed by atoms with Crippen molar-refractivity contribution in [1.29, 1.82) is 0 Å². The van der Waals surface area contributed by atoms with E-state index in [1.807, 2.05) is 19.1 Å². The fraction of sp³-hybridized carbons (Fsp3) is 0.0769. The van der Waals surface area contributed by atoms with E-state index in [1.165, 1.54) is 0 Å². The number of benzene rings is 1. The number of rotatable bonds is 2. The number of aldehydes is 1. The number of phenolic OH excluding ortho intramolecular Hbond substituents is 1. The summed E-state index contributed by atoms with van der Waals surface area (Å²) in [5, 5.41) is 9.72. The van der Waals surface area contributed by atoms with Crippen molar-refractivity contribution in [3.05, 3.63) is 47.7 Å². The average Bonchev–Trinajstić information content (AvgIpc) is 2.32. The molecule has 0 unspecified atom stereocenters. The van der Waals surface area contributed by atoms with Crippen LogP contribution in [0.15, 0.2) is 36.4 Å². The van der Waals surface area contributed by atoms with Crippen LogP contribution in [-0.4, -0.2) is 16.4 Å². The van der Waals surface area contributed by atoms with Crippen molar-refractivity contribution in [3.8, 4) is 17.0 Å². The van der Waals surface area contributed by atoms with Crippen LogP contribution in [0.5, 0.6) is 5.75 Å². The Kier molecular flexibility index (Phi) is 2.68. The van der Waals surface area contributed by atoms with Gasteiger partial charge in [0.1, 0.15) is 11.4 Å². The fourth-order valence-electron chi connectivity index (χ4n) is 1.52. The smallest absolute Gasteiger partial charge is 0.168 e. The molecule has 0 aliphatic carbocycles. The number of aromatic nitrogens is 1. The van der Waals surface area contributed by atoms with E-state index < -0.39 is 0 Å². The van der Waals surface area contributed by atoms with Crippen LogP contribution in [0.2, 0.25) is 0 Å². The van der Waals surface area contributed by atoms with Crippen molar-refractivity contribution in [1.82, 2.24) is 4.98 Å². The SMILES string of the molecule is Cc1ccc(O)c(-c2cccc(C=O)n2)c1. The predicted octanol–water partition coefficient (Wildman–Crippen LogP) is 2.58. The summed E-state index contributed by atoms with van der Waals surface area (Å²) >= 11 is 0. The van der Waals surface area contributed by atoms with E-state index >= 15 is 0 Å². The number of carbonyl (C=O) groups is 1. The standard InChI is InChI=1S/C13H11NO2/c1-9-5-6-13(16)11(7-9)12-4-2-3-10(8-15)14-12/h2-8,16H,1H3. The molecule has 1 aromatic carbocycles. The lowest BCUT2D eigenvalue weighted by molar-refractivity contribution is 0.111. The molecule has 3 heteroatoms. The normalized spacial score (nSPS) is 10.1. The third kappa shape index (κ3) is 1.93. The summed E-state index contributed by atoms with van der Waals surface area (Å²) in [5.41, 5.74) is 2.64. The molecule has 0 aliphatic rings. The molecule has 0 radical (unpaired) electrons.